The summed E-state index contributed by atoms with van der Waals surface area (Å²) in [4.78, 5) is 0. The summed E-state index contributed by atoms with van der Waals surface area (Å²) in [6.07, 6.45) is 9.29. The first-order valence-corrected chi connectivity index (χ1v) is 8.19. The molecule has 1 aromatic rings. The average molecular weight is 276 g/mol. The fourth-order valence-corrected chi connectivity index (χ4v) is 2.98. The summed E-state index contributed by atoms with van der Waals surface area (Å²) in [7, 11) is 0. The Kier molecular flexibility index (Phi) is 6.55. The summed E-state index contributed by atoms with van der Waals surface area (Å²) in [6.45, 7) is 0. The molecule has 0 heterocycles. The Balaban J connectivity index is 1.89. The normalized spacial score (nSPS) is 26.5. The quantitative estimate of drug-likeness (QED) is 0.759. The fourth-order valence-electron chi connectivity index (χ4n) is 2.98. The SMILES string of the molecule is OC1CCCCCc2ccc(cc2)CCCCCC1O. The number of hydrogen-bond acceptors (Lipinski definition) is 2. The highest BCUT2D eigenvalue weighted by molar-refractivity contribution is 5.22. The number of aliphatic hydroxyl groups is 2. The molecule has 2 aliphatic rings. The summed E-state index contributed by atoms with van der Waals surface area (Å²) in [5.41, 5.74) is 2.84. The van der Waals surface area contributed by atoms with Crippen LogP contribution in [0.15, 0.2) is 24.3 Å². The summed E-state index contributed by atoms with van der Waals surface area (Å²) in [5.74, 6) is 0. The number of aryl methyl sites for hydroxylation is 2. The van der Waals surface area contributed by atoms with Crippen LogP contribution in [0, 0.1) is 0 Å². The Bertz CT molecular complexity index is 335. The van der Waals surface area contributed by atoms with E-state index in [1.165, 1.54) is 24.0 Å². The van der Waals surface area contributed by atoms with Crippen LogP contribution in [-0.2, 0) is 12.8 Å². The minimum atomic E-state index is -0.527. The van der Waals surface area contributed by atoms with Crippen molar-refractivity contribution in [2.75, 3.05) is 0 Å². The van der Waals surface area contributed by atoms with Crippen molar-refractivity contribution in [1.82, 2.24) is 0 Å². The molecule has 0 saturated carbocycles. The van der Waals surface area contributed by atoms with Crippen LogP contribution in [-0.4, -0.2) is 22.4 Å². The van der Waals surface area contributed by atoms with Crippen molar-refractivity contribution in [3.63, 3.8) is 0 Å². The van der Waals surface area contributed by atoms with Gasteiger partial charge in [-0.2, -0.15) is 0 Å². The molecule has 0 aliphatic heterocycles. The molecule has 2 unspecified atom stereocenters. The Labute approximate surface area is 122 Å². The Morgan fingerprint density at radius 1 is 0.600 bits per heavy atom. The second-order valence-corrected chi connectivity index (χ2v) is 6.15. The van der Waals surface area contributed by atoms with E-state index in [0.717, 1.165) is 51.4 Å². The lowest BCUT2D eigenvalue weighted by atomic mass is 9.97. The molecular weight excluding hydrogens is 248 g/mol. The number of hydrogen-bond donors (Lipinski definition) is 2. The zero-order chi connectivity index (χ0) is 14.2. The van der Waals surface area contributed by atoms with E-state index in [4.69, 9.17) is 0 Å². The number of fused-ring (bicyclic) bond motifs is 13. The number of benzene rings is 1. The van der Waals surface area contributed by atoms with E-state index < -0.39 is 12.2 Å². The van der Waals surface area contributed by atoms with E-state index in [0.29, 0.717) is 0 Å². The van der Waals surface area contributed by atoms with Crippen molar-refractivity contribution >= 4 is 0 Å². The minimum Gasteiger partial charge on any atom is -0.390 e. The van der Waals surface area contributed by atoms with Crippen LogP contribution in [0.1, 0.15) is 62.5 Å². The predicted octanol–water partition coefficient (Wildman–Crippen LogP) is 3.63. The van der Waals surface area contributed by atoms with E-state index in [9.17, 15) is 10.2 Å². The van der Waals surface area contributed by atoms with Crippen molar-refractivity contribution in [3.8, 4) is 0 Å². The van der Waals surface area contributed by atoms with Gasteiger partial charge in [-0.3, -0.25) is 0 Å². The van der Waals surface area contributed by atoms with Crippen LogP contribution >= 0.6 is 0 Å². The molecule has 0 aromatic heterocycles. The lowest BCUT2D eigenvalue weighted by Gasteiger charge is -2.18. The molecule has 0 spiro atoms. The highest BCUT2D eigenvalue weighted by Gasteiger charge is 2.15. The van der Waals surface area contributed by atoms with Gasteiger partial charge in [0.1, 0.15) is 0 Å². The second-order valence-electron chi connectivity index (χ2n) is 6.15. The molecule has 0 saturated heterocycles. The van der Waals surface area contributed by atoms with Crippen LogP contribution in [0.2, 0.25) is 0 Å². The van der Waals surface area contributed by atoms with E-state index >= 15 is 0 Å². The maximum atomic E-state index is 9.91. The van der Waals surface area contributed by atoms with Gasteiger partial charge < -0.3 is 10.2 Å². The van der Waals surface area contributed by atoms with Gasteiger partial charge in [0.2, 0.25) is 0 Å². The maximum absolute atomic E-state index is 9.91. The molecule has 112 valence electrons. The van der Waals surface area contributed by atoms with Crippen LogP contribution in [0.5, 0.6) is 0 Å². The maximum Gasteiger partial charge on any atom is 0.0799 e. The Morgan fingerprint density at radius 2 is 1.00 bits per heavy atom. The van der Waals surface area contributed by atoms with Gasteiger partial charge in [0.15, 0.2) is 0 Å². The lowest BCUT2D eigenvalue weighted by Crippen LogP contribution is -2.25. The third-order valence-corrected chi connectivity index (χ3v) is 4.40. The van der Waals surface area contributed by atoms with Crippen molar-refractivity contribution < 1.29 is 10.2 Å². The fraction of sp³-hybridized carbons (Fsp3) is 0.667. The number of aliphatic hydroxyl groups excluding tert-OH is 2. The third kappa shape index (κ3) is 5.26. The summed E-state index contributed by atoms with van der Waals surface area (Å²) in [5, 5.41) is 19.8. The molecule has 0 radical (unpaired) electrons. The first-order valence-electron chi connectivity index (χ1n) is 8.19. The largest absolute Gasteiger partial charge is 0.390 e. The molecule has 0 fully saturated rings. The third-order valence-electron chi connectivity index (χ3n) is 4.40. The van der Waals surface area contributed by atoms with Gasteiger partial charge in [-0.25, -0.2) is 0 Å². The van der Waals surface area contributed by atoms with E-state index in [1.54, 1.807) is 0 Å². The molecule has 2 N–H and O–H groups in total. The van der Waals surface area contributed by atoms with Crippen molar-refractivity contribution in [1.29, 1.82) is 0 Å². The van der Waals surface area contributed by atoms with Gasteiger partial charge in [-0.15, -0.1) is 0 Å². The first kappa shape index (κ1) is 15.5. The molecule has 0 amide bonds. The summed E-state index contributed by atoms with van der Waals surface area (Å²) < 4.78 is 0. The van der Waals surface area contributed by atoms with Crippen molar-refractivity contribution in [2.24, 2.45) is 0 Å². The van der Waals surface area contributed by atoms with Gasteiger partial charge in [0.25, 0.3) is 0 Å². The van der Waals surface area contributed by atoms with Gasteiger partial charge in [-0.05, 0) is 49.7 Å². The molecule has 2 heteroatoms. The highest BCUT2D eigenvalue weighted by Crippen LogP contribution is 2.16. The molecule has 2 aliphatic carbocycles. The predicted molar refractivity (Wildman–Crippen MR) is 82.8 cm³/mol. The smallest absolute Gasteiger partial charge is 0.0799 e. The van der Waals surface area contributed by atoms with Crippen molar-refractivity contribution in [2.45, 2.75) is 76.4 Å². The van der Waals surface area contributed by atoms with E-state index in [-0.39, 0.29) is 0 Å². The van der Waals surface area contributed by atoms with Crippen LogP contribution in [0.3, 0.4) is 0 Å². The van der Waals surface area contributed by atoms with Gasteiger partial charge in [-0.1, -0.05) is 49.9 Å². The highest BCUT2D eigenvalue weighted by atomic mass is 16.3. The lowest BCUT2D eigenvalue weighted by molar-refractivity contribution is 0.00716. The zero-order valence-electron chi connectivity index (χ0n) is 12.4. The zero-order valence-corrected chi connectivity index (χ0v) is 12.4. The second kappa shape index (κ2) is 8.43. The molecule has 3 rings (SSSR count). The first-order chi connectivity index (χ1) is 9.75. The number of rotatable bonds is 0. The Morgan fingerprint density at radius 3 is 1.40 bits per heavy atom. The summed E-state index contributed by atoms with van der Waals surface area (Å²) >= 11 is 0. The van der Waals surface area contributed by atoms with Crippen molar-refractivity contribution in [3.05, 3.63) is 35.4 Å². The monoisotopic (exact) mass is 276 g/mol. The summed E-state index contributed by atoms with van der Waals surface area (Å²) in [6, 6.07) is 9.05. The molecule has 2 nitrogen and oxygen atoms in total. The molecule has 1 aromatic carbocycles. The van der Waals surface area contributed by atoms with Gasteiger partial charge in [0, 0.05) is 0 Å². The van der Waals surface area contributed by atoms with Crippen LogP contribution in [0.4, 0.5) is 0 Å². The average Bonchev–Trinajstić information content (AvgIpc) is 2.46. The molecule has 2 bridgehead atoms. The van der Waals surface area contributed by atoms with Crippen LogP contribution in [0.25, 0.3) is 0 Å². The minimum absolute atomic E-state index is 0.527. The standard InChI is InChI=1S/C18H28O2/c19-17-9-5-1-3-7-15-11-13-16(14-12-15)8-4-2-6-10-18(17)20/h11-14,17-20H,1-10H2. The topological polar surface area (TPSA) is 40.5 Å². The van der Waals surface area contributed by atoms with E-state index in [2.05, 4.69) is 24.3 Å². The van der Waals surface area contributed by atoms with Gasteiger partial charge >= 0.3 is 0 Å². The van der Waals surface area contributed by atoms with E-state index in [1.807, 2.05) is 0 Å². The Hall–Kier alpha value is -0.860. The van der Waals surface area contributed by atoms with Gasteiger partial charge in [0.05, 0.1) is 12.2 Å². The molecule has 2 atom stereocenters. The molecular formula is C18H28O2. The molecule has 20 heavy (non-hydrogen) atoms. The van der Waals surface area contributed by atoms with Crippen LogP contribution < -0.4 is 0 Å².